The zero-order chi connectivity index (χ0) is 22.8. The number of hydrogen-bond acceptors (Lipinski definition) is 7. The van der Waals surface area contributed by atoms with Gasteiger partial charge in [-0.1, -0.05) is 42.5 Å². The van der Waals surface area contributed by atoms with Crippen LogP contribution in [0.4, 0.5) is 17.3 Å². The average molecular weight is 445 g/mol. The third-order valence-corrected chi connectivity index (χ3v) is 6.11. The highest BCUT2D eigenvalue weighted by Crippen LogP contribution is 2.38. The van der Waals surface area contributed by atoms with Gasteiger partial charge in [-0.05, 0) is 42.0 Å². The molecule has 0 radical (unpaired) electrons. The molecular formula is C25H28N6O2. The van der Waals surface area contributed by atoms with Gasteiger partial charge in [0.15, 0.2) is 11.6 Å². The number of hydrogen-bond donors (Lipinski definition) is 3. The summed E-state index contributed by atoms with van der Waals surface area (Å²) < 4.78 is 5.28. The van der Waals surface area contributed by atoms with Crippen LogP contribution in [0.5, 0.6) is 5.75 Å². The lowest BCUT2D eigenvalue weighted by atomic mass is 10.1. The minimum Gasteiger partial charge on any atom is -0.497 e. The number of ether oxygens (including phenoxy) is 1. The van der Waals surface area contributed by atoms with Crippen molar-refractivity contribution in [3.05, 3.63) is 71.5 Å². The van der Waals surface area contributed by atoms with Gasteiger partial charge in [-0.25, -0.2) is 9.97 Å². The summed E-state index contributed by atoms with van der Waals surface area (Å²) in [6, 6.07) is 18.2. The van der Waals surface area contributed by atoms with Crippen molar-refractivity contribution in [3.63, 3.8) is 0 Å². The summed E-state index contributed by atoms with van der Waals surface area (Å²) in [6.07, 6.45) is 2.95. The van der Waals surface area contributed by atoms with E-state index >= 15 is 0 Å². The molecule has 33 heavy (non-hydrogen) atoms. The van der Waals surface area contributed by atoms with Crippen molar-refractivity contribution in [2.45, 2.75) is 32.0 Å². The molecule has 170 valence electrons. The van der Waals surface area contributed by atoms with Gasteiger partial charge >= 0.3 is 0 Å². The van der Waals surface area contributed by atoms with Crippen LogP contribution in [0.1, 0.15) is 34.6 Å². The largest absolute Gasteiger partial charge is 0.497 e. The standard InChI is InChI=1S/C25H28N6O2/c1-33-19-11-9-16(10-12-19)13-20-28-21-22(26)29-23(25(32)27-14-17-7-8-17)30-24(21)31(20)15-18-5-3-2-4-6-18/h2-6,9-12,17,20,28H,7-8,13-15H2,1H3,(H,27,32)(H2,26,29,30). The molecule has 3 aromatic rings. The van der Waals surface area contributed by atoms with Crippen molar-refractivity contribution in [3.8, 4) is 5.75 Å². The van der Waals surface area contributed by atoms with Crippen LogP contribution in [0.15, 0.2) is 54.6 Å². The molecule has 8 nitrogen and oxygen atoms in total. The van der Waals surface area contributed by atoms with Crippen molar-refractivity contribution in [1.82, 2.24) is 15.3 Å². The lowest BCUT2D eigenvalue weighted by Crippen LogP contribution is -2.37. The minimum atomic E-state index is -0.283. The van der Waals surface area contributed by atoms with Crippen LogP contribution in [0.2, 0.25) is 0 Å². The number of rotatable bonds is 8. The van der Waals surface area contributed by atoms with Crippen molar-refractivity contribution < 1.29 is 9.53 Å². The van der Waals surface area contributed by atoms with E-state index in [-0.39, 0.29) is 23.7 Å². The molecule has 1 aliphatic heterocycles. The number of carbonyl (C=O) groups is 1. The zero-order valence-electron chi connectivity index (χ0n) is 18.6. The van der Waals surface area contributed by atoms with Gasteiger partial charge in [-0.2, -0.15) is 0 Å². The highest BCUT2D eigenvalue weighted by atomic mass is 16.5. The Morgan fingerprint density at radius 1 is 1.12 bits per heavy atom. The number of nitrogens with two attached hydrogens (primary N) is 1. The topological polar surface area (TPSA) is 105 Å². The quantitative estimate of drug-likeness (QED) is 0.490. The van der Waals surface area contributed by atoms with Gasteiger partial charge in [0.2, 0.25) is 5.82 Å². The summed E-state index contributed by atoms with van der Waals surface area (Å²) >= 11 is 0. The lowest BCUT2D eigenvalue weighted by molar-refractivity contribution is 0.0941. The number of methoxy groups -OCH3 is 1. The summed E-state index contributed by atoms with van der Waals surface area (Å²) in [4.78, 5) is 23.8. The lowest BCUT2D eigenvalue weighted by Gasteiger charge is -2.26. The number of nitrogen functional groups attached to an aromatic ring is 1. The molecule has 2 aliphatic rings. The molecule has 2 heterocycles. The van der Waals surface area contributed by atoms with Gasteiger partial charge in [0.1, 0.15) is 17.6 Å². The molecule has 2 aromatic carbocycles. The molecule has 8 heteroatoms. The molecule has 1 unspecified atom stereocenters. The Bertz CT molecular complexity index is 1130. The number of fused-ring (bicyclic) bond motifs is 1. The number of amides is 1. The van der Waals surface area contributed by atoms with Crippen molar-refractivity contribution >= 4 is 23.2 Å². The average Bonchev–Trinajstić information content (AvgIpc) is 3.61. The third kappa shape index (κ3) is 4.69. The predicted molar refractivity (Wildman–Crippen MR) is 128 cm³/mol. The number of nitrogens with one attached hydrogen (secondary N) is 2. The summed E-state index contributed by atoms with van der Waals surface area (Å²) in [5.41, 5.74) is 9.25. The molecular weight excluding hydrogens is 416 g/mol. The Labute approximate surface area is 193 Å². The van der Waals surface area contributed by atoms with E-state index in [1.54, 1.807) is 7.11 Å². The van der Waals surface area contributed by atoms with Crippen LogP contribution in [-0.4, -0.2) is 35.7 Å². The molecule has 1 fully saturated rings. The highest BCUT2D eigenvalue weighted by Gasteiger charge is 2.34. The fraction of sp³-hybridized carbons (Fsp3) is 0.320. The molecule has 1 aromatic heterocycles. The second kappa shape index (κ2) is 8.97. The second-order valence-electron chi connectivity index (χ2n) is 8.61. The van der Waals surface area contributed by atoms with Gasteiger partial charge in [-0.15, -0.1) is 0 Å². The van der Waals surface area contributed by atoms with E-state index in [0.29, 0.717) is 30.5 Å². The molecule has 1 amide bonds. The van der Waals surface area contributed by atoms with E-state index in [4.69, 9.17) is 10.5 Å². The highest BCUT2D eigenvalue weighted by molar-refractivity contribution is 5.93. The summed E-state index contributed by atoms with van der Waals surface area (Å²) in [7, 11) is 1.66. The van der Waals surface area contributed by atoms with Gasteiger partial charge < -0.3 is 26.0 Å². The first-order valence-electron chi connectivity index (χ1n) is 11.3. The number of carbonyl (C=O) groups excluding carboxylic acids is 1. The van der Waals surface area contributed by atoms with Crippen molar-refractivity contribution in [2.24, 2.45) is 5.92 Å². The van der Waals surface area contributed by atoms with Crippen LogP contribution in [0.25, 0.3) is 0 Å². The number of anilines is 3. The van der Waals surface area contributed by atoms with Crippen LogP contribution < -0.4 is 26.0 Å². The molecule has 1 atom stereocenters. The second-order valence-corrected chi connectivity index (χ2v) is 8.61. The molecule has 1 aliphatic carbocycles. The van der Waals surface area contributed by atoms with Gasteiger partial charge in [0.25, 0.3) is 5.91 Å². The Hall–Kier alpha value is -3.81. The van der Waals surface area contributed by atoms with Crippen LogP contribution in [-0.2, 0) is 13.0 Å². The van der Waals surface area contributed by atoms with Gasteiger partial charge in [0, 0.05) is 19.5 Å². The number of aromatic nitrogens is 2. The summed E-state index contributed by atoms with van der Waals surface area (Å²) in [6.45, 7) is 1.28. The first kappa shape index (κ1) is 21.1. The van der Waals surface area contributed by atoms with E-state index in [2.05, 4.69) is 49.8 Å². The van der Waals surface area contributed by atoms with E-state index in [1.165, 1.54) is 0 Å². The van der Waals surface area contributed by atoms with Crippen molar-refractivity contribution in [2.75, 3.05) is 29.6 Å². The fourth-order valence-corrected chi connectivity index (χ4v) is 4.06. The fourth-order valence-electron chi connectivity index (χ4n) is 4.06. The van der Waals surface area contributed by atoms with Crippen LogP contribution in [0, 0.1) is 5.92 Å². The maximum absolute atomic E-state index is 12.7. The normalized spacial score (nSPS) is 16.8. The van der Waals surface area contributed by atoms with E-state index in [9.17, 15) is 4.79 Å². The van der Waals surface area contributed by atoms with Crippen LogP contribution >= 0.6 is 0 Å². The Morgan fingerprint density at radius 3 is 2.58 bits per heavy atom. The molecule has 0 spiro atoms. The molecule has 0 saturated heterocycles. The Balaban J connectivity index is 1.44. The predicted octanol–water partition coefficient (Wildman–Crippen LogP) is 3.21. The Morgan fingerprint density at radius 2 is 1.88 bits per heavy atom. The van der Waals surface area contributed by atoms with Crippen molar-refractivity contribution in [1.29, 1.82) is 0 Å². The smallest absolute Gasteiger partial charge is 0.289 e. The maximum atomic E-state index is 12.7. The zero-order valence-corrected chi connectivity index (χ0v) is 18.6. The molecule has 5 rings (SSSR count). The maximum Gasteiger partial charge on any atom is 0.289 e. The van der Waals surface area contributed by atoms with E-state index < -0.39 is 0 Å². The van der Waals surface area contributed by atoms with Crippen LogP contribution in [0.3, 0.4) is 0 Å². The molecule has 0 bridgehead atoms. The van der Waals surface area contributed by atoms with E-state index in [0.717, 1.165) is 36.1 Å². The third-order valence-electron chi connectivity index (χ3n) is 6.11. The Kier molecular flexibility index (Phi) is 5.73. The van der Waals surface area contributed by atoms with Gasteiger partial charge in [0.05, 0.1) is 7.11 Å². The monoisotopic (exact) mass is 444 g/mol. The van der Waals surface area contributed by atoms with Gasteiger partial charge in [-0.3, -0.25) is 4.79 Å². The number of nitrogens with zero attached hydrogens (tertiary/aromatic N) is 3. The minimum absolute atomic E-state index is 0.0880. The first-order valence-corrected chi connectivity index (χ1v) is 11.3. The number of benzene rings is 2. The molecule has 1 saturated carbocycles. The molecule has 4 N–H and O–H groups in total. The summed E-state index contributed by atoms with van der Waals surface area (Å²) in [5.74, 6) is 2.16. The first-order chi connectivity index (χ1) is 16.1. The summed E-state index contributed by atoms with van der Waals surface area (Å²) in [5, 5.41) is 6.42. The SMILES string of the molecule is COc1ccc(CC2Nc3c(N)nc(C(=O)NCC4CC4)nc3N2Cc2ccccc2)cc1. The van der Waals surface area contributed by atoms with E-state index in [1.807, 2.05) is 30.3 Å².